The van der Waals surface area contributed by atoms with Crippen LogP contribution in [0.15, 0.2) is 65.6 Å². The number of anilines is 1. The van der Waals surface area contributed by atoms with Crippen molar-refractivity contribution in [2.24, 2.45) is 0 Å². The van der Waals surface area contributed by atoms with E-state index in [-0.39, 0.29) is 26.9 Å². The molecular formula is C22H19ClN2O5S. The summed E-state index contributed by atoms with van der Waals surface area (Å²) < 4.78 is 27.8. The first-order valence-corrected chi connectivity index (χ1v) is 11.0. The van der Waals surface area contributed by atoms with Crippen LogP contribution < -0.4 is 4.31 Å². The fraction of sp³-hybridized carbons (Fsp3) is 0.136. The third-order valence-corrected chi connectivity index (χ3v) is 6.96. The van der Waals surface area contributed by atoms with E-state index in [1.807, 2.05) is 6.92 Å². The molecule has 3 rings (SSSR count). The number of hydrogen-bond donors (Lipinski definition) is 0. The molecule has 0 radical (unpaired) electrons. The van der Waals surface area contributed by atoms with Crippen LogP contribution in [-0.4, -0.2) is 19.2 Å². The number of nitro benzene ring substituents is 1. The number of carbonyl (C=O) groups is 1. The lowest BCUT2D eigenvalue weighted by atomic mass is 10.1. The highest BCUT2D eigenvalue weighted by atomic mass is 35.5. The van der Waals surface area contributed by atoms with Crippen LogP contribution in [0, 0.1) is 30.9 Å². The van der Waals surface area contributed by atoms with Gasteiger partial charge < -0.3 is 0 Å². The molecule has 1 amide bonds. The second-order valence-corrected chi connectivity index (χ2v) is 9.22. The molecule has 0 fully saturated rings. The number of sulfonamides is 1. The highest BCUT2D eigenvalue weighted by molar-refractivity contribution is 7.93. The minimum Gasteiger partial charge on any atom is -0.268 e. The maximum Gasteiger partial charge on any atom is 0.273 e. The van der Waals surface area contributed by atoms with Crippen molar-refractivity contribution in [2.45, 2.75) is 25.7 Å². The second kappa shape index (κ2) is 8.49. The molecule has 0 unspecified atom stereocenters. The molecule has 0 N–H and O–H groups in total. The summed E-state index contributed by atoms with van der Waals surface area (Å²) in [7, 11) is -4.31. The Hall–Kier alpha value is -3.23. The number of nitro groups is 1. The molecule has 7 nitrogen and oxygen atoms in total. The summed E-state index contributed by atoms with van der Waals surface area (Å²) in [6.07, 6.45) is 0. The van der Waals surface area contributed by atoms with Crippen molar-refractivity contribution < 1.29 is 18.1 Å². The summed E-state index contributed by atoms with van der Waals surface area (Å²) in [4.78, 5) is 23.8. The van der Waals surface area contributed by atoms with Crippen molar-refractivity contribution in [1.29, 1.82) is 0 Å². The summed E-state index contributed by atoms with van der Waals surface area (Å²) in [6.45, 7) is 5.34. The van der Waals surface area contributed by atoms with Crippen LogP contribution >= 0.6 is 11.6 Å². The van der Waals surface area contributed by atoms with Crippen LogP contribution in [-0.2, 0) is 10.0 Å². The second-order valence-electron chi connectivity index (χ2n) is 7.03. The van der Waals surface area contributed by atoms with Crippen molar-refractivity contribution in [2.75, 3.05) is 4.31 Å². The zero-order chi connectivity index (χ0) is 22.9. The van der Waals surface area contributed by atoms with Crippen molar-refractivity contribution in [3.63, 3.8) is 0 Å². The lowest BCUT2D eigenvalue weighted by Gasteiger charge is -2.25. The molecule has 0 aromatic heterocycles. The van der Waals surface area contributed by atoms with Gasteiger partial charge in [0.15, 0.2) is 0 Å². The van der Waals surface area contributed by atoms with Gasteiger partial charge in [0.05, 0.1) is 26.1 Å². The maximum absolute atomic E-state index is 13.6. The lowest BCUT2D eigenvalue weighted by Crippen LogP contribution is -2.37. The van der Waals surface area contributed by atoms with E-state index >= 15 is 0 Å². The number of nitrogens with zero attached hydrogens (tertiary/aromatic N) is 2. The smallest absolute Gasteiger partial charge is 0.268 e. The lowest BCUT2D eigenvalue weighted by molar-refractivity contribution is -0.384. The average Bonchev–Trinajstić information content (AvgIpc) is 2.71. The van der Waals surface area contributed by atoms with Gasteiger partial charge in [-0.2, -0.15) is 4.31 Å². The molecule has 31 heavy (non-hydrogen) atoms. The fourth-order valence-corrected chi connectivity index (χ4v) is 4.74. The van der Waals surface area contributed by atoms with Gasteiger partial charge in [-0.05, 0) is 56.2 Å². The Morgan fingerprint density at radius 3 is 2.23 bits per heavy atom. The van der Waals surface area contributed by atoms with Crippen LogP contribution in [0.4, 0.5) is 11.4 Å². The molecule has 160 valence electrons. The van der Waals surface area contributed by atoms with E-state index in [0.717, 1.165) is 29.3 Å². The van der Waals surface area contributed by atoms with Crippen LogP contribution in [0.3, 0.4) is 0 Å². The Morgan fingerprint density at radius 2 is 1.65 bits per heavy atom. The number of benzene rings is 3. The molecule has 0 saturated heterocycles. The summed E-state index contributed by atoms with van der Waals surface area (Å²) >= 11 is 6.14. The highest BCUT2D eigenvalue weighted by Crippen LogP contribution is 2.32. The molecule has 0 aliphatic heterocycles. The summed E-state index contributed by atoms with van der Waals surface area (Å²) in [6, 6.07) is 14.4. The average molecular weight is 459 g/mol. The van der Waals surface area contributed by atoms with Gasteiger partial charge in [-0.3, -0.25) is 14.9 Å². The molecule has 0 aliphatic rings. The zero-order valence-corrected chi connectivity index (χ0v) is 18.6. The van der Waals surface area contributed by atoms with Gasteiger partial charge in [0.2, 0.25) is 0 Å². The fourth-order valence-electron chi connectivity index (χ4n) is 3.02. The number of aryl methyl sites for hydroxylation is 2. The SMILES string of the molecule is Cc1ccc(S(=O)(=O)N(C(=O)c2ccc([N+](=O)[O-])cc2Cl)c2cccc(C)c2C)cc1. The molecule has 3 aromatic rings. The first kappa shape index (κ1) is 22.5. The Balaban J connectivity index is 2.24. The number of non-ortho nitro benzene ring substituents is 1. The largest absolute Gasteiger partial charge is 0.273 e. The summed E-state index contributed by atoms with van der Waals surface area (Å²) in [5.41, 5.74) is 1.97. The van der Waals surface area contributed by atoms with E-state index in [1.165, 1.54) is 18.2 Å². The molecule has 3 aromatic carbocycles. The molecule has 0 spiro atoms. The van der Waals surface area contributed by atoms with E-state index in [4.69, 9.17) is 11.6 Å². The van der Waals surface area contributed by atoms with Gasteiger partial charge in [-0.25, -0.2) is 8.42 Å². The van der Waals surface area contributed by atoms with Gasteiger partial charge in [-0.1, -0.05) is 41.4 Å². The van der Waals surface area contributed by atoms with Crippen LogP contribution in [0.2, 0.25) is 5.02 Å². The van der Waals surface area contributed by atoms with Gasteiger partial charge >= 0.3 is 0 Å². The van der Waals surface area contributed by atoms with Crippen LogP contribution in [0.25, 0.3) is 0 Å². The normalized spacial score (nSPS) is 11.2. The van der Waals surface area contributed by atoms with Crippen molar-refractivity contribution in [3.05, 3.63) is 98.1 Å². The molecule has 0 bridgehead atoms. The molecule has 0 saturated carbocycles. The Morgan fingerprint density at radius 1 is 1.00 bits per heavy atom. The summed E-state index contributed by atoms with van der Waals surface area (Å²) in [5.74, 6) is -0.908. The zero-order valence-electron chi connectivity index (χ0n) is 17.0. The first-order chi connectivity index (χ1) is 14.5. The van der Waals surface area contributed by atoms with Gasteiger partial charge in [0, 0.05) is 12.1 Å². The number of amides is 1. The van der Waals surface area contributed by atoms with Gasteiger partial charge in [0.25, 0.3) is 21.6 Å². The maximum atomic E-state index is 13.6. The molecule has 9 heteroatoms. The van der Waals surface area contributed by atoms with Gasteiger partial charge in [0.1, 0.15) is 0 Å². The van der Waals surface area contributed by atoms with E-state index < -0.39 is 20.9 Å². The topological polar surface area (TPSA) is 97.6 Å². The Kier molecular flexibility index (Phi) is 6.15. The number of hydrogen-bond acceptors (Lipinski definition) is 5. The van der Waals surface area contributed by atoms with Crippen LogP contribution in [0.5, 0.6) is 0 Å². The van der Waals surface area contributed by atoms with Gasteiger partial charge in [-0.15, -0.1) is 0 Å². The van der Waals surface area contributed by atoms with Crippen molar-refractivity contribution >= 4 is 38.9 Å². The van der Waals surface area contributed by atoms with Crippen molar-refractivity contribution in [1.82, 2.24) is 0 Å². The molecular weight excluding hydrogens is 440 g/mol. The number of carbonyl (C=O) groups excluding carboxylic acids is 1. The Labute approximate surface area is 185 Å². The van der Waals surface area contributed by atoms with E-state index in [0.29, 0.717) is 9.87 Å². The predicted molar refractivity (Wildman–Crippen MR) is 119 cm³/mol. The third-order valence-electron chi connectivity index (χ3n) is 4.93. The monoisotopic (exact) mass is 458 g/mol. The molecule has 0 aliphatic carbocycles. The minimum atomic E-state index is -4.31. The minimum absolute atomic E-state index is 0.0645. The Bertz CT molecular complexity index is 1290. The van der Waals surface area contributed by atoms with Crippen LogP contribution in [0.1, 0.15) is 27.0 Å². The standard InChI is InChI=1S/C22H19ClN2O5S/c1-14-7-10-18(11-8-14)31(29,30)24(21-6-4-5-15(2)16(21)3)22(26)19-12-9-17(25(27)28)13-20(19)23/h4-13H,1-3H3. The predicted octanol–water partition coefficient (Wildman–Crippen LogP) is 5.21. The molecule has 0 atom stereocenters. The third kappa shape index (κ3) is 4.30. The van der Waals surface area contributed by atoms with Crippen molar-refractivity contribution in [3.8, 4) is 0 Å². The highest BCUT2D eigenvalue weighted by Gasteiger charge is 2.34. The number of rotatable bonds is 5. The first-order valence-electron chi connectivity index (χ1n) is 9.20. The van der Waals surface area contributed by atoms with E-state index in [1.54, 1.807) is 38.1 Å². The van der Waals surface area contributed by atoms with E-state index in [2.05, 4.69) is 0 Å². The van der Waals surface area contributed by atoms with E-state index in [9.17, 15) is 23.3 Å². The quantitative estimate of drug-likeness (QED) is 0.386. The molecule has 0 heterocycles. The summed E-state index contributed by atoms with van der Waals surface area (Å²) in [5, 5.41) is 10.8. The number of halogens is 1.